The van der Waals surface area contributed by atoms with Gasteiger partial charge in [0.05, 0.1) is 0 Å². The highest BCUT2D eigenvalue weighted by molar-refractivity contribution is 9.10. The molecule has 5 heteroatoms. The number of benzene rings is 1. The smallest absolute Gasteiger partial charge is 0.250 e. The van der Waals surface area contributed by atoms with Gasteiger partial charge in [-0.15, -0.1) is 0 Å². The van der Waals surface area contributed by atoms with Gasteiger partial charge in [-0.2, -0.15) is 0 Å². The van der Waals surface area contributed by atoms with E-state index in [0.29, 0.717) is 6.54 Å². The fraction of sp³-hybridized carbons (Fsp3) is 0.500. The summed E-state index contributed by atoms with van der Waals surface area (Å²) < 4.78 is 1.05. The van der Waals surface area contributed by atoms with Gasteiger partial charge in [-0.1, -0.05) is 15.9 Å². The van der Waals surface area contributed by atoms with E-state index < -0.39 is 6.04 Å². The highest BCUT2D eigenvalue weighted by Crippen LogP contribution is 2.33. The van der Waals surface area contributed by atoms with Crippen LogP contribution in [0.3, 0.4) is 0 Å². The third-order valence-electron chi connectivity index (χ3n) is 4.50. The second-order valence-electron chi connectivity index (χ2n) is 5.97. The maximum Gasteiger partial charge on any atom is 0.250 e. The number of amides is 2. The van der Waals surface area contributed by atoms with Crippen LogP contribution in [0.1, 0.15) is 30.9 Å². The van der Waals surface area contributed by atoms with Crippen molar-refractivity contribution in [2.75, 3.05) is 11.4 Å². The molecule has 2 saturated heterocycles. The SMILES string of the molecule is Cc1cc(N2C(=O)C3CCCN3C(=O)C2C)cc(C)c1Br. The zero-order chi connectivity index (χ0) is 15.3. The first-order chi connectivity index (χ1) is 9.91. The van der Waals surface area contributed by atoms with Crippen LogP contribution in [0.5, 0.6) is 0 Å². The molecule has 2 heterocycles. The molecule has 2 unspecified atom stereocenters. The summed E-state index contributed by atoms with van der Waals surface area (Å²) in [6.07, 6.45) is 1.70. The summed E-state index contributed by atoms with van der Waals surface area (Å²) in [6, 6.07) is 3.26. The van der Waals surface area contributed by atoms with Crippen molar-refractivity contribution in [2.24, 2.45) is 0 Å². The summed E-state index contributed by atoms with van der Waals surface area (Å²) in [5.74, 6) is 0.121. The second-order valence-corrected chi connectivity index (χ2v) is 6.76. The Morgan fingerprint density at radius 2 is 1.76 bits per heavy atom. The predicted molar refractivity (Wildman–Crippen MR) is 85.3 cm³/mol. The Bertz CT molecular complexity index is 606. The van der Waals surface area contributed by atoms with Crippen LogP contribution in [-0.2, 0) is 9.59 Å². The Morgan fingerprint density at radius 3 is 2.38 bits per heavy atom. The van der Waals surface area contributed by atoms with Crippen LogP contribution >= 0.6 is 15.9 Å². The molecule has 0 N–H and O–H groups in total. The van der Waals surface area contributed by atoms with Crippen LogP contribution < -0.4 is 4.90 Å². The summed E-state index contributed by atoms with van der Waals surface area (Å²) >= 11 is 3.55. The normalized spacial score (nSPS) is 25.5. The molecule has 112 valence electrons. The largest absolute Gasteiger partial charge is 0.329 e. The monoisotopic (exact) mass is 350 g/mol. The van der Waals surface area contributed by atoms with E-state index >= 15 is 0 Å². The minimum absolute atomic E-state index is 0.0562. The van der Waals surface area contributed by atoms with E-state index in [4.69, 9.17) is 0 Å². The zero-order valence-corrected chi connectivity index (χ0v) is 14.1. The van der Waals surface area contributed by atoms with Crippen molar-refractivity contribution in [3.05, 3.63) is 27.7 Å². The average molecular weight is 351 g/mol. The van der Waals surface area contributed by atoms with E-state index in [2.05, 4.69) is 15.9 Å². The molecule has 2 atom stereocenters. The van der Waals surface area contributed by atoms with Crippen molar-refractivity contribution in [1.29, 1.82) is 0 Å². The third kappa shape index (κ3) is 2.18. The fourth-order valence-electron chi connectivity index (χ4n) is 3.40. The molecule has 2 aliphatic rings. The Kier molecular flexibility index (Phi) is 3.56. The average Bonchev–Trinajstić information content (AvgIpc) is 2.92. The molecule has 0 spiro atoms. The van der Waals surface area contributed by atoms with E-state index in [0.717, 1.165) is 34.1 Å². The number of nitrogens with zero attached hydrogens (tertiary/aromatic N) is 2. The summed E-state index contributed by atoms with van der Waals surface area (Å²) in [5.41, 5.74) is 2.98. The van der Waals surface area contributed by atoms with Gasteiger partial charge in [0.2, 0.25) is 5.91 Å². The lowest BCUT2D eigenvalue weighted by Crippen LogP contribution is -2.62. The van der Waals surface area contributed by atoms with Crippen molar-refractivity contribution in [1.82, 2.24) is 4.90 Å². The lowest BCUT2D eigenvalue weighted by atomic mass is 10.0. The minimum Gasteiger partial charge on any atom is -0.329 e. The Balaban J connectivity index is 2.04. The molecule has 4 nitrogen and oxygen atoms in total. The number of carbonyl (C=O) groups excluding carboxylic acids is 2. The van der Waals surface area contributed by atoms with Crippen LogP contribution in [0.2, 0.25) is 0 Å². The van der Waals surface area contributed by atoms with Gasteiger partial charge < -0.3 is 4.90 Å². The van der Waals surface area contributed by atoms with E-state index in [1.54, 1.807) is 9.80 Å². The molecule has 1 aromatic rings. The molecular weight excluding hydrogens is 332 g/mol. The van der Waals surface area contributed by atoms with Crippen LogP contribution in [0.4, 0.5) is 5.69 Å². The predicted octanol–water partition coefficient (Wildman–Crippen LogP) is 2.79. The van der Waals surface area contributed by atoms with Gasteiger partial charge in [-0.05, 0) is 56.9 Å². The minimum atomic E-state index is -0.424. The number of hydrogen-bond acceptors (Lipinski definition) is 2. The van der Waals surface area contributed by atoms with Gasteiger partial charge in [0, 0.05) is 16.7 Å². The maximum atomic E-state index is 12.8. The number of halogens is 1. The van der Waals surface area contributed by atoms with Crippen molar-refractivity contribution in [3.8, 4) is 0 Å². The van der Waals surface area contributed by atoms with E-state index in [-0.39, 0.29) is 17.9 Å². The number of piperazine rings is 1. The third-order valence-corrected chi connectivity index (χ3v) is 5.75. The molecule has 1 aromatic carbocycles. The van der Waals surface area contributed by atoms with E-state index in [9.17, 15) is 9.59 Å². The number of carbonyl (C=O) groups is 2. The first kappa shape index (κ1) is 14.6. The van der Waals surface area contributed by atoms with Crippen LogP contribution in [0.25, 0.3) is 0 Å². The lowest BCUT2D eigenvalue weighted by Gasteiger charge is -2.41. The second kappa shape index (κ2) is 5.13. The van der Waals surface area contributed by atoms with Crippen LogP contribution in [-0.4, -0.2) is 35.3 Å². The van der Waals surface area contributed by atoms with Crippen molar-refractivity contribution < 1.29 is 9.59 Å². The molecule has 0 saturated carbocycles. The Hall–Kier alpha value is -1.36. The lowest BCUT2D eigenvalue weighted by molar-refractivity contribution is -0.143. The zero-order valence-electron chi connectivity index (χ0n) is 12.5. The Morgan fingerprint density at radius 1 is 1.14 bits per heavy atom. The van der Waals surface area contributed by atoms with Gasteiger partial charge in [0.1, 0.15) is 12.1 Å². The highest BCUT2D eigenvalue weighted by Gasteiger charge is 2.46. The van der Waals surface area contributed by atoms with Gasteiger partial charge in [0.15, 0.2) is 0 Å². The molecule has 2 aliphatic heterocycles. The van der Waals surface area contributed by atoms with Gasteiger partial charge in [-0.25, -0.2) is 0 Å². The van der Waals surface area contributed by atoms with Gasteiger partial charge >= 0.3 is 0 Å². The molecule has 0 bridgehead atoms. The maximum absolute atomic E-state index is 12.8. The molecule has 0 aliphatic carbocycles. The van der Waals surface area contributed by atoms with Crippen molar-refractivity contribution in [3.63, 3.8) is 0 Å². The molecule has 21 heavy (non-hydrogen) atoms. The van der Waals surface area contributed by atoms with Crippen molar-refractivity contribution >= 4 is 33.4 Å². The summed E-state index contributed by atoms with van der Waals surface area (Å²) in [7, 11) is 0. The standard InChI is InChI=1S/C16H19BrN2O2/c1-9-7-12(8-10(2)14(9)17)19-11(3)15(20)18-6-4-5-13(18)16(19)21/h7-8,11,13H,4-6H2,1-3H3. The molecule has 3 rings (SSSR count). The Labute approximate surface area is 133 Å². The number of rotatable bonds is 1. The van der Waals surface area contributed by atoms with Gasteiger partial charge in [0.25, 0.3) is 5.91 Å². The van der Waals surface area contributed by atoms with Crippen LogP contribution in [0, 0.1) is 13.8 Å². The van der Waals surface area contributed by atoms with Crippen LogP contribution in [0.15, 0.2) is 16.6 Å². The quantitative estimate of drug-likeness (QED) is 0.781. The molecule has 2 fully saturated rings. The topological polar surface area (TPSA) is 40.6 Å². The first-order valence-electron chi connectivity index (χ1n) is 7.32. The molecule has 0 radical (unpaired) electrons. The molecule has 0 aromatic heterocycles. The molecule has 2 amide bonds. The summed E-state index contributed by atoms with van der Waals surface area (Å²) in [5, 5.41) is 0. The number of hydrogen-bond donors (Lipinski definition) is 0. The number of fused-ring (bicyclic) bond motifs is 1. The van der Waals surface area contributed by atoms with E-state index in [1.807, 2.05) is 32.9 Å². The van der Waals surface area contributed by atoms with Crippen molar-refractivity contribution in [2.45, 2.75) is 45.7 Å². The molecular formula is C16H19BrN2O2. The fourth-order valence-corrected chi connectivity index (χ4v) is 3.63. The van der Waals surface area contributed by atoms with Gasteiger partial charge in [-0.3, -0.25) is 14.5 Å². The number of anilines is 1. The summed E-state index contributed by atoms with van der Waals surface area (Å²) in [4.78, 5) is 28.7. The number of aryl methyl sites for hydroxylation is 2. The highest BCUT2D eigenvalue weighted by atomic mass is 79.9. The van der Waals surface area contributed by atoms with E-state index in [1.165, 1.54) is 0 Å². The first-order valence-corrected chi connectivity index (χ1v) is 8.11. The summed E-state index contributed by atoms with van der Waals surface area (Å²) in [6.45, 7) is 6.54.